The van der Waals surface area contributed by atoms with E-state index in [0.717, 1.165) is 19.3 Å². The van der Waals surface area contributed by atoms with E-state index in [1.54, 1.807) is 18.2 Å². The van der Waals surface area contributed by atoms with Crippen molar-refractivity contribution in [1.82, 2.24) is 5.32 Å². The van der Waals surface area contributed by atoms with Gasteiger partial charge in [0.25, 0.3) is 0 Å². The summed E-state index contributed by atoms with van der Waals surface area (Å²) < 4.78 is 10.4. The third-order valence-electron chi connectivity index (χ3n) is 4.26. The summed E-state index contributed by atoms with van der Waals surface area (Å²) in [6.07, 6.45) is 4.31. The lowest BCUT2D eigenvalue weighted by Crippen LogP contribution is -2.45. The van der Waals surface area contributed by atoms with Gasteiger partial charge in [-0.1, -0.05) is 19.8 Å². The van der Waals surface area contributed by atoms with Crippen LogP contribution in [0.4, 0.5) is 5.69 Å². The Morgan fingerprint density at radius 3 is 2.68 bits per heavy atom. The Hall–Kier alpha value is -2.24. The minimum absolute atomic E-state index is 0.0868. The van der Waals surface area contributed by atoms with Crippen molar-refractivity contribution in [1.29, 1.82) is 0 Å². The molecule has 1 heterocycles. The Kier molecular flexibility index (Phi) is 4.18. The smallest absolute Gasteiger partial charge is 0.313 e. The first kappa shape index (κ1) is 14.7. The summed E-state index contributed by atoms with van der Waals surface area (Å²) in [6, 6.07) is 5.13. The van der Waals surface area contributed by atoms with Crippen molar-refractivity contribution < 1.29 is 19.1 Å². The number of benzene rings is 1. The molecule has 0 radical (unpaired) electrons. The molecule has 2 amide bonds. The number of hydrogen-bond acceptors (Lipinski definition) is 4. The Balaban J connectivity index is 1.58. The molecule has 0 spiro atoms. The molecule has 2 N–H and O–H groups in total. The summed E-state index contributed by atoms with van der Waals surface area (Å²) in [7, 11) is 0. The molecule has 2 unspecified atom stereocenters. The predicted octanol–water partition coefficient (Wildman–Crippen LogP) is 2.05. The van der Waals surface area contributed by atoms with E-state index >= 15 is 0 Å². The number of anilines is 1. The third kappa shape index (κ3) is 3.16. The Labute approximate surface area is 129 Å². The maximum Gasteiger partial charge on any atom is 0.313 e. The van der Waals surface area contributed by atoms with E-state index in [-0.39, 0.29) is 12.8 Å². The number of carbonyl (C=O) groups excluding carboxylic acids is 2. The standard InChI is InChI=1S/C16H20N2O4/c1-10-4-2-3-5-12(10)18-16(20)15(19)17-11-6-7-13-14(8-11)22-9-21-13/h6-8,10,12H,2-5,9H2,1H3,(H,17,19)(H,18,20). The highest BCUT2D eigenvalue weighted by atomic mass is 16.7. The molecule has 1 aromatic carbocycles. The van der Waals surface area contributed by atoms with Gasteiger partial charge in [-0.25, -0.2) is 0 Å². The van der Waals surface area contributed by atoms with Crippen LogP contribution in [0.3, 0.4) is 0 Å². The molecule has 0 aromatic heterocycles. The molecule has 118 valence electrons. The van der Waals surface area contributed by atoms with Gasteiger partial charge in [0.15, 0.2) is 11.5 Å². The van der Waals surface area contributed by atoms with Gasteiger partial charge in [-0.3, -0.25) is 9.59 Å². The highest BCUT2D eigenvalue weighted by molar-refractivity contribution is 6.39. The van der Waals surface area contributed by atoms with Crippen LogP contribution < -0.4 is 20.1 Å². The van der Waals surface area contributed by atoms with Crippen LogP contribution in [0.15, 0.2) is 18.2 Å². The molecule has 1 fully saturated rings. The normalized spacial score (nSPS) is 23.0. The Bertz CT molecular complexity index is 588. The number of amides is 2. The summed E-state index contributed by atoms with van der Waals surface area (Å²) in [6.45, 7) is 2.28. The number of carbonyl (C=O) groups is 2. The zero-order valence-corrected chi connectivity index (χ0v) is 12.6. The first-order valence-electron chi connectivity index (χ1n) is 7.65. The fourth-order valence-electron chi connectivity index (χ4n) is 2.93. The lowest BCUT2D eigenvalue weighted by Gasteiger charge is -2.29. The lowest BCUT2D eigenvalue weighted by molar-refractivity contribution is -0.137. The maximum atomic E-state index is 12.0. The van der Waals surface area contributed by atoms with Crippen molar-refractivity contribution in [2.24, 2.45) is 5.92 Å². The van der Waals surface area contributed by atoms with Crippen molar-refractivity contribution >= 4 is 17.5 Å². The molecule has 3 rings (SSSR count). The maximum absolute atomic E-state index is 12.0. The van der Waals surface area contributed by atoms with Crippen molar-refractivity contribution in [2.45, 2.75) is 38.6 Å². The second-order valence-corrected chi connectivity index (χ2v) is 5.86. The number of rotatable bonds is 2. The fourth-order valence-corrected chi connectivity index (χ4v) is 2.93. The molecule has 0 saturated heterocycles. The summed E-state index contributed by atoms with van der Waals surface area (Å²) in [5.74, 6) is 0.377. The van der Waals surface area contributed by atoms with Crippen molar-refractivity contribution in [2.75, 3.05) is 12.1 Å². The zero-order valence-electron chi connectivity index (χ0n) is 12.6. The third-order valence-corrected chi connectivity index (χ3v) is 4.26. The van der Waals surface area contributed by atoms with Crippen LogP contribution in [0.1, 0.15) is 32.6 Å². The van der Waals surface area contributed by atoms with E-state index in [9.17, 15) is 9.59 Å². The Morgan fingerprint density at radius 1 is 1.09 bits per heavy atom. The second kappa shape index (κ2) is 6.25. The van der Waals surface area contributed by atoms with Crippen LogP contribution in [-0.2, 0) is 9.59 Å². The zero-order chi connectivity index (χ0) is 15.5. The van der Waals surface area contributed by atoms with Crippen LogP contribution >= 0.6 is 0 Å². The van der Waals surface area contributed by atoms with E-state index < -0.39 is 11.8 Å². The molecule has 0 bridgehead atoms. The summed E-state index contributed by atoms with van der Waals surface area (Å²) in [5.41, 5.74) is 0.515. The molecule has 2 atom stereocenters. The molecule has 2 aliphatic rings. The van der Waals surface area contributed by atoms with Gasteiger partial charge >= 0.3 is 11.8 Å². The van der Waals surface area contributed by atoms with Crippen molar-refractivity contribution in [3.8, 4) is 11.5 Å². The monoisotopic (exact) mass is 304 g/mol. The van der Waals surface area contributed by atoms with E-state index in [1.165, 1.54) is 6.42 Å². The molecule has 1 aliphatic carbocycles. The van der Waals surface area contributed by atoms with Gasteiger partial charge in [0.05, 0.1) is 0 Å². The predicted molar refractivity (Wildman–Crippen MR) is 80.8 cm³/mol. The lowest BCUT2D eigenvalue weighted by atomic mass is 9.86. The largest absolute Gasteiger partial charge is 0.454 e. The number of fused-ring (bicyclic) bond motifs is 1. The quantitative estimate of drug-likeness (QED) is 0.820. The van der Waals surface area contributed by atoms with Gasteiger partial charge in [-0.15, -0.1) is 0 Å². The SMILES string of the molecule is CC1CCCCC1NC(=O)C(=O)Nc1ccc2c(c1)OCO2. The average Bonchev–Trinajstić information content (AvgIpc) is 2.97. The highest BCUT2D eigenvalue weighted by Gasteiger charge is 2.25. The van der Waals surface area contributed by atoms with Crippen LogP contribution in [0.2, 0.25) is 0 Å². The van der Waals surface area contributed by atoms with E-state index in [4.69, 9.17) is 9.47 Å². The van der Waals surface area contributed by atoms with E-state index in [2.05, 4.69) is 17.6 Å². The van der Waals surface area contributed by atoms with Crippen molar-refractivity contribution in [3.05, 3.63) is 18.2 Å². The second-order valence-electron chi connectivity index (χ2n) is 5.86. The van der Waals surface area contributed by atoms with Gasteiger partial charge in [0.1, 0.15) is 0 Å². The van der Waals surface area contributed by atoms with Crippen LogP contribution in [0.25, 0.3) is 0 Å². The number of nitrogens with one attached hydrogen (secondary N) is 2. The summed E-state index contributed by atoms with van der Waals surface area (Å²) >= 11 is 0. The van der Waals surface area contributed by atoms with Gasteiger partial charge in [-0.2, -0.15) is 0 Å². The summed E-state index contributed by atoms with van der Waals surface area (Å²) in [4.78, 5) is 24.0. The molecule has 22 heavy (non-hydrogen) atoms. The van der Waals surface area contributed by atoms with Gasteiger partial charge < -0.3 is 20.1 Å². The Morgan fingerprint density at radius 2 is 1.86 bits per heavy atom. The minimum atomic E-state index is -0.656. The molecule has 6 nitrogen and oxygen atoms in total. The topological polar surface area (TPSA) is 76.7 Å². The highest BCUT2D eigenvalue weighted by Crippen LogP contribution is 2.34. The van der Waals surface area contributed by atoms with Gasteiger partial charge in [0, 0.05) is 17.8 Å². The van der Waals surface area contributed by atoms with Crippen LogP contribution in [0.5, 0.6) is 11.5 Å². The molecule has 1 aliphatic heterocycles. The van der Waals surface area contributed by atoms with Gasteiger partial charge in [-0.05, 0) is 30.9 Å². The fraction of sp³-hybridized carbons (Fsp3) is 0.500. The number of ether oxygens (including phenoxy) is 2. The van der Waals surface area contributed by atoms with Crippen LogP contribution in [0, 0.1) is 5.92 Å². The molecule has 6 heteroatoms. The summed E-state index contributed by atoms with van der Waals surface area (Å²) in [5, 5.41) is 5.42. The van der Waals surface area contributed by atoms with E-state index in [1.807, 2.05) is 0 Å². The van der Waals surface area contributed by atoms with Gasteiger partial charge in [0.2, 0.25) is 6.79 Å². The average molecular weight is 304 g/mol. The van der Waals surface area contributed by atoms with Crippen LogP contribution in [-0.4, -0.2) is 24.6 Å². The first-order chi connectivity index (χ1) is 10.6. The molecule has 1 aromatic rings. The molecular formula is C16H20N2O4. The first-order valence-corrected chi connectivity index (χ1v) is 7.65. The molecular weight excluding hydrogens is 284 g/mol. The number of hydrogen-bond donors (Lipinski definition) is 2. The van der Waals surface area contributed by atoms with Crippen molar-refractivity contribution in [3.63, 3.8) is 0 Å². The molecule has 1 saturated carbocycles. The minimum Gasteiger partial charge on any atom is -0.454 e. The van der Waals surface area contributed by atoms with E-state index in [0.29, 0.717) is 23.1 Å².